The van der Waals surface area contributed by atoms with Crippen molar-refractivity contribution < 1.29 is 13.6 Å². The molecular weight excluding hydrogens is 164 g/mol. The first-order chi connectivity index (χ1) is 5.65. The van der Waals surface area contributed by atoms with Crippen LogP contribution in [0, 0.1) is 11.6 Å². The van der Waals surface area contributed by atoms with Gasteiger partial charge in [0.1, 0.15) is 11.6 Å². The van der Waals surface area contributed by atoms with Crippen molar-refractivity contribution >= 4 is 5.91 Å². The minimum atomic E-state index is -0.726. The Hall–Kier alpha value is -1.45. The van der Waals surface area contributed by atoms with Gasteiger partial charge in [-0.05, 0) is 18.2 Å². The van der Waals surface area contributed by atoms with E-state index in [0.29, 0.717) is 0 Å². The zero-order valence-corrected chi connectivity index (χ0v) is 6.40. The van der Waals surface area contributed by atoms with Crippen LogP contribution in [-0.4, -0.2) is 13.0 Å². The van der Waals surface area contributed by atoms with E-state index in [4.69, 9.17) is 0 Å². The van der Waals surface area contributed by atoms with E-state index in [0.717, 1.165) is 18.2 Å². The number of hydrogen-bond donors (Lipinski definition) is 1. The van der Waals surface area contributed by atoms with Crippen molar-refractivity contribution in [3.05, 3.63) is 35.4 Å². The molecule has 0 atom stereocenters. The molecule has 0 aromatic heterocycles. The van der Waals surface area contributed by atoms with Crippen molar-refractivity contribution in [2.75, 3.05) is 7.05 Å². The normalized spacial score (nSPS) is 9.58. The zero-order chi connectivity index (χ0) is 9.14. The predicted octanol–water partition coefficient (Wildman–Crippen LogP) is 1.32. The van der Waals surface area contributed by atoms with E-state index in [9.17, 15) is 13.6 Å². The average Bonchev–Trinajstić information content (AvgIpc) is 2.08. The van der Waals surface area contributed by atoms with E-state index >= 15 is 0 Å². The lowest BCUT2D eigenvalue weighted by molar-refractivity contribution is 0.0958. The van der Waals surface area contributed by atoms with Gasteiger partial charge >= 0.3 is 0 Å². The van der Waals surface area contributed by atoms with Crippen molar-refractivity contribution in [2.24, 2.45) is 0 Å². The third-order valence-electron chi connectivity index (χ3n) is 1.40. The third-order valence-corrected chi connectivity index (χ3v) is 1.40. The number of hydrogen-bond acceptors (Lipinski definition) is 1. The largest absolute Gasteiger partial charge is 0.355 e. The molecule has 0 fully saturated rings. The van der Waals surface area contributed by atoms with Crippen LogP contribution in [0.2, 0.25) is 0 Å². The molecular formula is C8H7F2NO. The topological polar surface area (TPSA) is 29.1 Å². The van der Waals surface area contributed by atoms with Crippen molar-refractivity contribution in [1.82, 2.24) is 5.32 Å². The highest BCUT2D eigenvalue weighted by molar-refractivity contribution is 5.94. The molecule has 2 nitrogen and oxygen atoms in total. The summed E-state index contributed by atoms with van der Waals surface area (Å²) in [4.78, 5) is 10.9. The van der Waals surface area contributed by atoms with Crippen LogP contribution < -0.4 is 5.32 Å². The number of rotatable bonds is 1. The molecule has 1 aromatic carbocycles. The number of carbonyl (C=O) groups is 1. The fourth-order valence-electron chi connectivity index (χ4n) is 0.806. The van der Waals surface area contributed by atoms with Crippen LogP contribution in [0.5, 0.6) is 0 Å². The van der Waals surface area contributed by atoms with Crippen LogP contribution >= 0.6 is 0 Å². The maximum Gasteiger partial charge on any atom is 0.254 e. The smallest absolute Gasteiger partial charge is 0.254 e. The minimum absolute atomic E-state index is 0.280. The first kappa shape index (κ1) is 8.64. The molecule has 1 aromatic rings. The quantitative estimate of drug-likeness (QED) is 0.678. The molecule has 0 saturated carbocycles. The van der Waals surface area contributed by atoms with Crippen molar-refractivity contribution in [3.63, 3.8) is 0 Å². The van der Waals surface area contributed by atoms with Gasteiger partial charge in [0.25, 0.3) is 5.91 Å². The molecule has 1 N–H and O–H groups in total. The molecule has 64 valence electrons. The van der Waals surface area contributed by atoms with E-state index in [1.165, 1.54) is 7.05 Å². The molecule has 0 saturated heterocycles. The lowest BCUT2D eigenvalue weighted by Gasteiger charge is -2.00. The Labute approximate surface area is 68.2 Å². The summed E-state index contributed by atoms with van der Waals surface area (Å²) < 4.78 is 25.3. The molecule has 1 rings (SSSR count). The van der Waals surface area contributed by atoms with Gasteiger partial charge in [-0.3, -0.25) is 4.79 Å². The molecule has 1 amide bonds. The average molecular weight is 171 g/mol. The Morgan fingerprint density at radius 3 is 2.67 bits per heavy atom. The molecule has 12 heavy (non-hydrogen) atoms. The molecule has 0 unspecified atom stereocenters. The Balaban J connectivity index is 3.13. The Morgan fingerprint density at radius 2 is 2.08 bits per heavy atom. The van der Waals surface area contributed by atoms with Gasteiger partial charge in [0.05, 0.1) is 5.56 Å². The van der Waals surface area contributed by atoms with E-state index in [1.807, 2.05) is 0 Å². The van der Waals surface area contributed by atoms with E-state index in [2.05, 4.69) is 5.32 Å². The summed E-state index contributed by atoms with van der Waals surface area (Å²) in [5.41, 5.74) is -0.280. The summed E-state index contributed by atoms with van der Waals surface area (Å²) in [5, 5.41) is 2.20. The lowest BCUT2D eigenvalue weighted by Crippen LogP contribution is -2.19. The Morgan fingerprint density at radius 1 is 1.42 bits per heavy atom. The van der Waals surface area contributed by atoms with Gasteiger partial charge in [0, 0.05) is 7.05 Å². The highest BCUT2D eigenvalue weighted by atomic mass is 19.1. The van der Waals surface area contributed by atoms with Crippen LogP contribution in [0.1, 0.15) is 10.4 Å². The zero-order valence-electron chi connectivity index (χ0n) is 6.40. The monoisotopic (exact) mass is 171 g/mol. The van der Waals surface area contributed by atoms with Gasteiger partial charge in [0.2, 0.25) is 0 Å². The van der Waals surface area contributed by atoms with E-state index in [-0.39, 0.29) is 5.56 Å². The van der Waals surface area contributed by atoms with Crippen LogP contribution in [-0.2, 0) is 0 Å². The molecule has 0 aliphatic rings. The lowest BCUT2D eigenvalue weighted by atomic mass is 10.2. The molecule has 0 bridgehead atoms. The van der Waals surface area contributed by atoms with E-state index in [1.54, 1.807) is 0 Å². The van der Waals surface area contributed by atoms with Gasteiger partial charge in [0.15, 0.2) is 0 Å². The summed E-state index contributed by atoms with van der Waals surface area (Å²) in [6, 6.07) is 2.73. The fraction of sp³-hybridized carbons (Fsp3) is 0.125. The summed E-state index contributed by atoms with van der Waals surface area (Å²) in [5.74, 6) is -1.99. The maximum absolute atomic E-state index is 12.8. The van der Waals surface area contributed by atoms with E-state index < -0.39 is 17.5 Å². The molecule has 0 heterocycles. The van der Waals surface area contributed by atoms with Gasteiger partial charge in [-0.1, -0.05) is 0 Å². The number of halogens is 2. The second kappa shape index (κ2) is 3.30. The third kappa shape index (κ3) is 1.58. The Bertz CT molecular complexity index is 312. The molecule has 4 heteroatoms. The predicted molar refractivity (Wildman–Crippen MR) is 39.7 cm³/mol. The number of carbonyl (C=O) groups excluding carboxylic acids is 1. The minimum Gasteiger partial charge on any atom is -0.355 e. The SMILES string of the molecule is CNC(=O)c1cc(F)ccc1F. The first-order valence-corrected chi connectivity index (χ1v) is 3.32. The van der Waals surface area contributed by atoms with Crippen molar-refractivity contribution in [3.8, 4) is 0 Å². The second-order valence-corrected chi connectivity index (χ2v) is 2.20. The summed E-state index contributed by atoms with van der Waals surface area (Å²) in [6.45, 7) is 0. The first-order valence-electron chi connectivity index (χ1n) is 3.32. The van der Waals surface area contributed by atoms with Crippen molar-refractivity contribution in [1.29, 1.82) is 0 Å². The van der Waals surface area contributed by atoms with Crippen LogP contribution in [0.3, 0.4) is 0 Å². The number of nitrogens with one attached hydrogen (secondary N) is 1. The highest BCUT2D eigenvalue weighted by Crippen LogP contribution is 2.08. The summed E-state index contributed by atoms with van der Waals surface area (Å²) >= 11 is 0. The second-order valence-electron chi connectivity index (χ2n) is 2.20. The standard InChI is InChI=1S/C8H7F2NO/c1-11-8(12)6-4-5(9)2-3-7(6)10/h2-4H,1H3,(H,11,12). The van der Waals surface area contributed by atoms with Gasteiger partial charge in [-0.25, -0.2) is 8.78 Å². The van der Waals surface area contributed by atoms with Crippen molar-refractivity contribution in [2.45, 2.75) is 0 Å². The van der Waals surface area contributed by atoms with Crippen LogP contribution in [0.25, 0.3) is 0 Å². The molecule has 0 aliphatic carbocycles. The van der Waals surface area contributed by atoms with Gasteiger partial charge < -0.3 is 5.32 Å². The molecule has 0 spiro atoms. The maximum atomic E-state index is 12.8. The molecule has 0 aliphatic heterocycles. The number of amides is 1. The molecule has 0 radical (unpaired) electrons. The Kier molecular flexibility index (Phi) is 2.38. The van der Waals surface area contributed by atoms with Crippen LogP contribution in [0.15, 0.2) is 18.2 Å². The summed E-state index contributed by atoms with van der Waals surface area (Å²) in [6.07, 6.45) is 0. The van der Waals surface area contributed by atoms with Crippen LogP contribution in [0.4, 0.5) is 8.78 Å². The fourth-order valence-corrected chi connectivity index (χ4v) is 0.806. The highest BCUT2D eigenvalue weighted by Gasteiger charge is 2.10. The number of benzene rings is 1. The van der Waals surface area contributed by atoms with Gasteiger partial charge in [-0.15, -0.1) is 0 Å². The van der Waals surface area contributed by atoms with Gasteiger partial charge in [-0.2, -0.15) is 0 Å². The summed E-state index contributed by atoms with van der Waals surface area (Å²) in [7, 11) is 1.35.